The van der Waals surface area contributed by atoms with E-state index in [1.165, 1.54) is 22.4 Å². The lowest BCUT2D eigenvalue weighted by Crippen LogP contribution is -2.06. The molecule has 2 aromatic rings. The van der Waals surface area contributed by atoms with Crippen molar-refractivity contribution in [2.24, 2.45) is 0 Å². The SMILES string of the molecule is CCOc1c(CNc2c(C)cc(C)cc2C)cccc1OC. The highest BCUT2D eigenvalue weighted by Crippen LogP contribution is 2.32. The van der Waals surface area contributed by atoms with Crippen molar-refractivity contribution in [2.75, 3.05) is 19.0 Å². The number of anilines is 1. The topological polar surface area (TPSA) is 30.5 Å². The van der Waals surface area contributed by atoms with Crippen LogP contribution in [-0.2, 0) is 6.54 Å². The van der Waals surface area contributed by atoms with Crippen LogP contribution in [-0.4, -0.2) is 13.7 Å². The highest BCUT2D eigenvalue weighted by Gasteiger charge is 2.11. The van der Waals surface area contributed by atoms with E-state index in [9.17, 15) is 0 Å². The number of hydrogen-bond donors (Lipinski definition) is 1. The van der Waals surface area contributed by atoms with Gasteiger partial charge >= 0.3 is 0 Å². The Hall–Kier alpha value is -2.16. The molecule has 1 N–H and O–H groups in total. The molecule has 0 aliphatic carbocycles. The van der Waals surface area contributed by atoms with Crippen LogP contribution >= 0.6 is 0 Å². The van der Waals surface area contributed by atoms with Crippen LogP contribution in [0.2, 0.25) is 0 Å². The molecule has 0 aliphatic heterocycles. The summed E-state index contributed by atoms with van der Waals surface area (Å²) in [6, 6.07) is 10.4. The lowest BCUT2D eigenvalue weighted by atomic mass is 10.0. The second-order valence-electron chi connectivity index (χ2n) is 5.51. The number of nitrogens with one attached hydrogen (secondary N) is 1. The van der Waals surface area contributed by atoms with E-state index >= 15 is 0 Å². The number of rotatable bonds is 6. The highest BCUT2D eigenvalue weighted by molar-refractivity contribution is 5.59. The average molecular weight is 299 g/mol. The summed E-state index contributed by atoms with van der Waals surface area (Å²) in [5.74, 6) is 1.60. The lowest BCUT2D eigenvalue weighted by molar-refractivity contribution is 0.308. The van der Waals surface area contributed by atoms with Crippen LogP contribution in [0.25, 0.3) is 0 Å². The monoisotopic (exact) mass is 299 g/mol. The molecule has 0 saturated heterocycles. The molecule has 2 aromatic carbocycles. The number of methoxy groups -OCH3 is 1. The maximum Gasteiger partial charge on any atom is 0.166 e. The predicted molar refractivity (Wildman–Crippen MR) is 92.1 cm³/mol. The summed E-state index contributed by atoms with van der Waals surface area (Å²) in [4.78, 5) is 0. The fraction of sp³-hybridized carbons (Fsp3) is 0.368. The molecule has 0 fully saturated rings. The number of para-hydroxylation sites is 1. The Balaban J connectivity index is 2.25. The third-order valence-electron chi connectivity index (χ3n) is 3.70. The zero-order chi connectivity index (χ0) is 16.1. The van der Waals surface area contributed by atoms with Crippen LogP contribution in [0.1, 0.15) is 29.2 Å². The first-order chi connectivity index (χ1) is 10.6. The fourth-order valence-electron chi connectivity index (χ4n) is 2.81. The van der Waals surface area contributed by atoms with Gasteiger partial charge in [-0.15, -0.1) is 0 Å². The van der Waals surface area contributed by atoms with Gasteiger partial charge in [-0.3, -0.25) is 0 Å². The summed E-state index contributed by atoms with van der Waals surface area (Å²) in [6.07, 6.45) is 0. The van der Waals surface area contributed by atoms with Crippen molar-refractivity contribution < 1.29 is 9.47 Å². The van der Waals surface area contributed by atoms with Gasteiger partial charge in [0.1, 0.15) is 0 Å². The second kappa shape index (κ2) is 7.21. The van der Waals surface area contributed by atoms with E-state index in [2.05, 4.69) is 44.3 Å². The van der Waals surface area contributed by atoms with Gasteiger partial charge in [0.25, 0.3) is 0 Å². The molecule has 0 heterocycles. The van der Waals surface area contributed by atoms with Crippen molar-refractivity contribution in [2.45, 2.75) is 34.2 Å². The Kier molecular flexibility index (Phi) is 5.31. The van der Waals surface area contributed by atoms with Gasteiger partial charge in [-0.1, -0.05) is 29.8 Å². The normalized spacial score (nSPS) is 10.4. The Morgan fingerprint density at radius 2 is 1.73 bits per heavy atom. The molecule has 3 heteroatoms. The molecule has 0 bridgehead atoms. The number of benzene rings is 2. The van der Waals surface area contributed by atoms with Gasteiger partial charge in [0.05, 0.1) is 13.7 Å². The summed E-state index contributed by atoms with van der Waals surface area (Å²) >= 11 is 0. The maximum atomic E-state index is 5.76. The van der Waals surface area contributed by atoms with Gasteiger partial charge in [0, 0.05) is 17.8 Å². The van der Waals surface area contributed by atoms with E-state index < -0.39 is 0 Å². The van der Waals surface area contributed by atoms with Crippen molar-refractivity contribution in [3.8, 4) is 11.5 Å². The zero-order valence-electron chi connectivity index (χ0n) is 14.1. The van der Waals surface area contributed by atoms with E-state index in [1.54, 1.807) is 7.11 Å². The fourth-order valence-corrected chi connectivity index (χ4v) is 2.81. The van der Waals surface area contributed by atoms with Gasteiger partial charge in [0.15, 0.2) is 11.5 Å². The van der Waals surface area contributed by atoms with Crippen molar-refractivity contribution in [3.63, 3.8) is 0 Å². The zero-order valence-corrected chi connectivity index (χ0v) is 14.1. The summed E-state index contributed by atoms with van der Waals surface area (Å²) in [6.45, 7) is 9.71. The Labute approximate surface area is 133 Å². The third kappa shape index (κ3) is 3.53. The standard InChI is InChI=1S/C19H25NO2/c1-6-22-19-16(8-7-9-17(19)21-5)12-20-18-14(3)10-13(2)11-15(18)4/h7-11,20H,6,12H2,1-5H3. The van der Waals surface area contributed by atoms with Crippen molar-refractivity contribution in [3.05, 3.63) is 52.6 Å². The molecular weight excluding hydrogens is 274 g/mol. The summed E-state index contributed by atoms with van der Waals surface area (Å²) in [7, 11) is 1.67. The second-order valence-corrected chi connectivity index (χ2v) is 5.51. The van der Waals surface area contributed by atoms with Crippen LogP contribution in [0, 0.1) is 20.8 Å². The van der Waals surface area contributed by atoms with E-state index in [-0.39, 0.29) is 0 Å². The molecule has 22 heavy (non-hydrogen) atoms. The molecule has 0 atom stereocenters. The predicted octanol–water partition coefficient (Wildman–Crippen LogP) is 4.63. The molecule has 0 spiro atoms. The van der Waals surface area contributed by atoms with E-state index in [0.717, 1.165) is 17.1 Å². The molecular formula is C19H25NO2. The molecule has 3 nitrogen and oxygen atoms in total. The quantitative estimate of drug-likeness (QED) is 0.843. The summed E-state index contributed by atoms with van der Waals surface area (Å²) in [5.41, 5.74) is 6.10. The van der Waals surface area contributed by atoms with E-state index in [1.807, 2.05) is 19.1 Å². The first-order valence-electron chi connectivity index (χ1n) is 7.67. The minimum atomic E-state index is 0.621. The van der Waals surface area contributed by atoms with Gasteiger partial charge in [-0.25, -0.2) is 0 Å². The van der Waals surface area contributed by atoms with Gasteiger partial charge in [-0.2, -0.15) is 0 Å². The Morgan fingerprint density at radius 3 is 2.32 bits per heavy atom. The van der Waals surface area contributed by atoms with Crippen molar-refractivity contribution >= 4 is 5.69 Å². The van der Waals surface area contributed by atoms with Crippen LogP contribution < -0.4 is 14.8 Å². The van der Waals surface area contributed by atoms with E-state index in [0.29, 0.717) is 13.2 Å². The lowest BCUT2D eigenvalue weighted by Gasteiger charge is -2.17. The van der Waals surface area contributed by atoms with Crippen LogP contribution in [0.15, 0.2) is 30.3 Å². The first kappa shape index (κ1) is 16.2. The molecule has 0 unspecified atom stereocenters. The molecule has 0 amide bonds. The van der Waals surface area contributed by atoms with Gasteiger partial charge < -0.3 is 14.8 Å². The largest absolute Gasteiger partial charge is 0.493 e. The molecule has 0 aliphatic rings. The summed E-state index contributed by atoms with van der Waals surface area (Å²) < 4.78 is 11.2. The molecule has 0 aromatic heterocycles. The Bertz CT molecular complexity index is 627. The summed E-state index contributed by atoms with van der Waals surface area (Å²) in [5, 5.41) is 3.54. The van der Waals surface area contributed by atoms with Gasteiger partial charge in [-0.05, 0) is 44.9 Å². The molecule has 2 rings (SSSR count). The Morgan fingerprint density at radius 1 is 1.05 bits per heavy atom. The van der Waals surface area contributed by atoms with Crippen molar-refractivity contribution in [1.82, 2.24) is 0 Å². The minimum absolute atomic E-state index is 0.621. The maximum absolute atomic E-state index is 5.76. The molecule has 118 valence electrons. The highest BCUT2D eigenvalue weighted by atomic mass is 16.5. The minimum Gasteiger partial charge on any atom is -0.493 e. The smallest absolute Gasteiger partial charge is 0.166 e. The first-order valence-corrected chi connectivity index (χ1v) is 7.67. The number of aryl methyl sites for hydroxylation is 3. The average Bonchev–Trinajstić information content (AvgIpc) is 2.47. The van der Waals surface area contributed by atoms with Crippen molar-refractivity contribution in [1.29, 1.82) is 0 Å². The molecule has 0 saturated carbocycles. The third-order valence-corrected chi connectivity index (χ3v) is 3.70. The number of ether oxygens (including phenoxy) is 2. The van der Waals surface area contributed by atoms with Crippen LogP contribution in [0.4, 0.5) is 5.69 Å². The molecule has 0 radical (unpaired) electrons. The number of hydrogen-bond acceptors (Lipinski definition) is 3. The van der Waals surface area contributed by atoms with E-state index in [4.69, 9.17) is 9.47 Å². The van der Waals surface area contributed by atoms with Crippen LogP contribution in [0.5, 0.6) is 11.5 Å². The van der Waals surface area contributed by atoms with Gasteiger partial charge in [0.2, 0.25) is 0 Å². The van der Waals surface area contributed by atoms with Crippen LogP contribution in [0.3, 0.4) is 0 Å².